The van der Waals surface area contributed by atoms with Crippen molar-refractivity contribution in [3.63, 3.8) is 0 Å². The fourth-order valence-corrected chi connectivity index (χ4v) is 5.45. The van der Waals surface area contributed by atoms with E-state index >= 15 is 0 Å². The maximum atomic E-state index is 13.8. The Kier molecular flexibility index (Phi) is 7.49. The monoisotopic (exact) mass is 561 g/mol. The van der Waals surface area contributed by atoms with Crippen molar-refractivity contribution in [3.05, 3.63) is 29.8 Å². The van der Waals surface area contributed by atoms with Gasteiger partial charge in [0.1, 0.15) is 23.9 Å². The number of anilines is 3. The predicted molar refractivity (Wildman–Crippen MR) is 142 cm³/mol. The average Bonchev–Trinajstić information content (AvgIpc) is 3.67. The lowest BCUT2D eigenvalue weighted by Gasteiger charge is -2.29. The molecule has 2 aliphatic carbocycles. The van der Waals surface area contributed by atoms with Crippen molar-refractivity contribution in [2.24, 2.45) is 0 Å². The zero-order valence-electron chi connectivity index (χ0n) is 22.8. The van der Waals surface area contributed by atoms with Crippen LogP contribution in [0.5, 0.6) is 5.75 Å². The van der Waals surface area contributed by atoms with Gasteiger partial charge < -0.3 is 19.7 Å². The van der Waals surface area contributed by atoms with Crippen LogP contribution in [-0.4, -0.2) is 63.7 Å². The summed E-state index contributed by atoms with van der Waals surface area (Å²) in [5.74, 6) is 1.39. The number of ether oxygens (including phenoxy) is 2. The van der Waals surface area contributed by atoms with Gasteiger partial charge in [-0.3, -0.25) is 20.1 Å². The second kappa shape index (κ2) is 10.7. The summed E-state index contributed by atoms with van der Waals surface area (Å²) in [6.07, 6.45) is 5.55. The highest BCUT2D eigenvalue weighted by atomic mass is 19.4. The Hall–Kier alpha value is -3.64. The molecule has 0 atom stereocenters. The van der Waals surface area contributed by atoms with Gasteiger partial charge in [0.15, 0.2) is 12.4 Å². The molecule has 216 valence electrons. The minimum absolute atomic E-state index is 0.113. The number of rotatable bonds is 8. The number of nitrogens with one attached hydrogen (secondary N) is 2. The van der Waals surface area contributed by atoms with Crippen molar-refractivity contribution in [1.82, 2.24) is 19.9 Å². The van der Waals surface area contributed by atoms with E-state index in [0.717, 1.165) is 30.6 Å². The van der Waals surface area contributed by atoms with Gasteiger partial charge in [-0.2, -0.15) is 13.2 Å². The molecule has 3 heterocycles. The minimum atomic E-state index is -4.49. The third-order valence-corrected chi connectivity index (χ3v) is 7.61. The molecule has 2 saturated carbocycles. The summed E-state index contributed by atoms with van der Waals surface area (Å²) in [6.45, 7) is 1.44. The Bertz CT molecular complexity index is 1280. The molecule has 0 bridgehead atoms. The SMILES string of the molecule is CNc1nc(COC(=N)N(CC(F)(F)F)C(C)C)nc2c1C1(CC1)C(=O)N2c1cncc(OC2CCCCC2)c1. The topological polar surface area (TPSA) is 117 Å². The van der Waals surface area contributed by atoms with E-state index in [1.54, 1.807) is 39.4 Å². The zero-order valence-corrected chi connectivity index (χ0v) is 22.8. The summed E-state index contributed by atoms with van der Waals surface area (Å²) >= 11 is 0. The fraction of sp³-hybridized carbons (Fsp3) is 0.593. The first-order valence-corrected chi connectivity index (χ1v) is 13.6. The molecule has 13 heteroatoms. The van der Waals surface area contributed by atoms with Crippen LogP contribution in [-0.2, 0) is 21.6 Å². The molecule has 40 heavy (non-hydrogen) atoms. The van der Waals surface area contributed by atoms with Crippen molar-refractivity contribution in [1.29, 1.82) is 5.41 Å². The number of fused-ring (bicyclic) bond motifs is 2. The van der Waals surface area contributed by atoms with Crippen molar-refractivity contribution in [3.8, 4) is 5.75 Å². The molecule has 2 N–H and O–H groups in total. The lowest BCUT2D eigenvalue weighted by molar-refractivity contribution is -0.142. The Balaban J connectivity index is 1.43. The summed E-state index contributed by atoms with van der Waals surface area (Å²) in [4.78, 5) is 29.6. The molecule has 10 nitrogen and oxygen atoms in total. The summed E-state index contributed by atoms with van der Waals surface area (Å²) in [5.41, 5.74) is 0.458. The molecular formula is C27H34F3N7O3. The number of amides is 1. The van der Waals surface area contributed by atoms with E-state index in [-0.39, 0.29) is 24.4 Å². The lowest BCUT2D eigenvalue weighted by Crippen LogP contribution is -2.43. The van der Waals surface area contributed by atoms with Crippen LogP contribution < -0.4 is 15.0 Å². The third-order valence-electron chi connectivity index (χ3n) is 7.61. The molecule has 1 spiro atoms. The quantitative estimate of drug-likeness (QED) is 0.340. The molecule has 2 fully saturated rings. The predicted octanol–water partition coefficient (Wildman–Crippen LogP) is 5.06. The maximum Gasteiger partial charge on any atom is 0.406 e. The van der Waals surface area contributed by atoms with E-state index in [1.165, 1.54) is 11.3 Å². The number of carbonyl (C=O) groups excluding carboxylic acids is 1. The zero-order chi connectivity index (χ0) is 28.7. The van der Waals surface area contributed by atoms with Gasteiger partial charge in [-0.15, -0.1) is 0 Å². The molecule has 0 saturated heterocycles. The van der Waals surface area contributed by atoms with E-state index in [9.17, 15) is 18.0 Å². The first-order valence-electron chi connectivity index (χ1n) is 13.6. The van der Waals surface area contributed by atoms with Crippen molar-refractivity contribution < 1.29 is 27.4 Å². The first kappa shape index (κ1) is 27.9. The molecule has 0 radical (unpaired) electrons. The Labute approximate surface area is 230 Å². The number of amidine groups is 1. The van der Waals surface area contributed by atoms with Crippen molar-refractivity contribution >= 4 is 29.3 Å². The summed E-state index contributed by atoms with van der Waals surface area (Å²) in [7, 11) is 1.68. The molecule has 2 aromatic heterocycles. The first-order chi connectivity index (χ1) is 19.0. The molecular weight excluding hydrogens is 527 g/mol. The molecule has 1 amide bonds. The van der Waals surface area contributed by atoms with E-state index in [1.807, 2.05) is 0 Å². The number of halogens is 3. The van der Waals surface area contributed by atoms with Gasteiger partial charge in [-0.25, -0.2) is 9.97 Å². The number of alkyl halides is 3. The number of hydrogen-bond donors (Lipinski definition) is 2. The molecule has 2 aromatic rings. The highest BCUT2D eigenvalue weighted by Crippen LogP contribution is 2.60. The van der Waals surface area contributed by atoms with Crippen LogP contribution in [0.15, 0.2) is 18.5 Å². The van der Waals surface area contributed by atoms with Crippen LogP contribution in [0.3, 0.4) is 0 Å². The Morgan fingerprint density at radius 3 is 2.58 bits per heavy atom. The minimum Gasteiger partial charge on any atom is -0.489 e. The highest BCUT2D eigenvalue weighted by Gasteiger charge is 2.62. The highest BCUT2D eigenvalue weighted by molar-refractivity contribution is 6.15. The van der Waals surface area contributed by atoms with Crippen LogP contribution in [0.25, 0.3) is 0 Å². The van der Waals surface area contributed by atoms with Crippen LogP contribution >= 0.6 is 0 Å². The van der Waals surface area contributed by atoms with Crippen molar-refractivity contribution in [2.45, 2.75) is 89.1 Å². The number of nitrogens with zero attached hydrogens (tertiary/aromatic N) is 5. The summed E-state index contributed by atoms with van der Waals surface area (Å²) in [5, 5.41) is 11.2. The summed E-state index contributed by atoms with van der Waals surface area (Å²) in [6, 6.07) is 0.544. The van der Waals surface area contributed by atoms with E-state index in [4.69, 9.17) is 14.9 Å². The number of hydrogen-bond acceptors (Lipinski definition) is 8. The maximum absolute atomic E-state index is 13.8. The van der Waals surface area contributed by atoms with Gasteiger partial charge in [0.05, 0.1) is 35.2 Å². The van der Waals surface area contributed by atoms with Gasteiger partial charge in [0, 0.05) is 19.2 Å². The second-order valence-electron chi connectivity index (χ2n) is 10.8. The van der Waals surface area contributed by atoms with Gasteiger partial charge >= 0.3 is 6.18 Å². The number of aromatic nitrogens is 3. The fourth-order valence-electron chi connectivity index (χ4n) is 5.45. The normalized spacial score (nSPS) is 18.2. The molecule has 5 rings (SSSR count). The van der Waals surface area contributed by atoms with Crippen LogP contribution in [0, 0.1) is 5.41 Å². The van der Waals surface area contributed by atoms with E-state index in [0.29, 0.717) is 41.5 Å². The summed E-state index contributed by atoms with van der Waals surface area (Å²) < 4.78 is 50.7. The molecule has 3 aliphatic rings. The van der Waals surface area contributed by atoms with Gasteiger partial charge in [-0.05, 0) is 52.4 Å². The van der Waals surface area contributed by atoms with Crippen LogP contribution in [0.1, 0.15) is 70.2 Å². The standard InChI is InChI=1S/C27H34F3N7O3/c1-16(2)36(15-27(28,29)30)25(31)39-14-20-34-22(32-3)21-23(35-20)37(24(38)26(21)9-10-26)17-11-19(13-33-12-17)40-18-7-5-4-6-8-18/h11-13,16,18,31H,4-10,14-15H2,1-3H3,(H,32,34,35). The van der Waals surface area contributed by atoms with Gasteiger partial charge in [-0.1, -0.05) is 6.42 Å². The van der Waals surface area contributed by atoms with Crippen LogP contribution in [0.4, 0.5) is 30.5 Å². The molecule has 0 unspecified atom stereocenters. The van der Waals surface area contributed by atoms with Crippen molar-refractivity contribution in [2.75, 3.05) is 23.8 Å². The Morgan fingerprint density at radius 1 is 1.23 bits per heavy atom. The molecule has 0 aromatic carbocycles. The second-order valence-corrected chi connectivity index (χ2v) is 10.8. The third kappa shape index (κ3) is 5.50. The van der Waals surface area contributed by atoms with E-state index in [2.05, 4.69) is 20.3 Å². The molecule has 1 aliphatic heterocycles. The number of carbonyl (C=O) groups is 1. The van der Waals surface area contributed by atoms with E-state index < -0.39 is 30.2 Å². The van der Waals surface area contributed by atoms with Gasteiger partial charge in [0.2, 0.25) is 5.91 Å². The average molecular weight is 562 g/mol. The smallest absolute Gasteiger partial charge is 0.406 e. The largest absolute Gasteiger partial charge is 0.489 e. The van der Waals surface area contributed by atoms with Gasteiger partial charge in [0.25, 0.3) is 6.02 Å². The Morgan fingerprint density at radius 2 is 1.95 bits per heavy atom. The van der Waals surface area contributed by atoms with Crippen LogP contribution in [0.2, 0.25) is 0 Å². The lowest BCUT2D eigenvalue weighted by atomic mass is 9.98. The number of pyridine rings is 1.